The Morgan fingerprint density at radius 2 is 2.00 bits per heavy atom. The van der Waals surface area contributed by atoms with Crippen molar-refractivity contribution in [2.75, 3.05) is 12.4 Å². The zero-order chi connectivity index (χ0) is 13.8. The van der Waals surface area contributed by atoms with E-state index in [-0.39, 0.29) is 0 Å². The van der Waals surface area contributed by atoms with Crippen molar-refractivity contribution < 1.29 is 4.74 Å². The van der Waals surface area contributed by atoms with Gasteiger partial charge in [0.15, 0.2) is 0 Å². The minimum Gasteiger partial charge on any atom is -0.497 e. The van der Waals surface area contributed by atoms with Crippen LogP contribution >= 0.6 is 27.5 Å². The summed E-state index contributed by atoms with van der Waals surface area (Å²) in [6, 6.07) is 12.8. The Kier molecular flexibility index (Phi) is 4.31. The second kappa shape index (κ2) is 5.96. The zero-order valence-corrected chi connectivity index (χ0v) is 12.4. The normalized spacial score (nSPS) is 9.79. The molecule has 2 rings (SSSR count). The van der Waals surface area contributed by atoms with Gasteiger partial charge in [-0.2, -0.15) is 5.26 Å². The van der Waals surface area contributed by atoms with Gasteiger partial charge in [0.25, 0.3) is 0 Å². The van der Waals surface area contributed by atoms with E-state index in [0.29, 0.717) is 22.0 Å². The molecule has 0 spiro atoms. The van der Waals surface area contributed by atoms with Crippen molar-refractivity contribution in [1.82, 2.24) is 0 Å². The van der Waals surface area contributed by atoms with Crippen LogP contribution in [0.4, 0.5) is 11.4 Å². The van der Waals surface area contributed by atoms with Crippen LogP contribution in [0.25, 0.3) is 0 Å². The first-order valence-electron chi connectivity index (χ1n) is 5.44. The van der Waals surface area contributed by atoms with Gasteiger partial charge in [0.05, 0.1) is 24.0 Å². The molecule has 0 atom stereocenters. The summed E-state index contributed by atoms with van der Waals surface area (Å²) >= 11 is 9.32. The summed E-state index contributed by atoms with van der Waals surface area (Å²) in [4.78, 5) is 0. The van der Waals surface area contributed by atoms with Gasteiger partial charge in [0.2, 0.25) is 0 Å². The third kappa shape index (κ3) is 3.19. The molecule has 3 nitrogen and oxygen atoms in total. The number of nitrogens with one attached hydrogen (secondary N) is 1. The molecule has 19 heavy (non-hydrogen) atoms. The van der Waals surface area contributed by atoms with E-state index in [4.69, 9.17) is 21.6 Å². The van der Waals surface area contributed by atoms with Crippen molar-refractivity contribution in [2.45, 2.75) is 0 Å². The van der Waals surface area contributed by atoms with Gasteiger partial charge in [-0.05, 0) is 46.3 Å². The second-order valence-corrected chi connectivity index (χ2v) is 5.06. The Morgan fingerprint density at radius 3 is 2.63 bits per heavy atom. The van der Waals surface area contributed by atoms with Gasteiger partial charge in [0.1, 0.15) is 11.8 Å². The summed E-state index contributed by atoms with van der Waals surface area (Å²) in [5.74, 6) is 0.687. The van der Waals surface area contributed by atoms with E-state index < -0.39 is 0 Å². The number of hydrogen-bond donors (Lipinski definition) is 1. The molecule has 0 aliphatic carbocycles. The summed E-state index contributed by atoms with van der Waals surface area (Å²) < 4.78 is 5.98. The Balaban J connectivity index is 2.39. The molecule has 0 amide bonds. The van der Waals surface area contributed by atoms with Gasteiger partial charge in [-0.3, -0.25) is 0 Å². The third-order valence-electron chi connectivity index (χ3n) is 2.55. The third-order valence-corrected chi connectivity index (χ3v) is 3.44. The van der Waals surface area contributed by atoms with Crippen molar-refractivity contribution in [3.8, 4) is 11.8 Å². The highest BCUT2D eigenvalue weighted by molar-refractivity contribution is 9.10. The fourth-order valence-electron chi connectivity index (χ4n) is 1.59. The first kappa shape index (κ1) is 13.7. The van der Waals surface area contributed by atoms with Crippen LogP contribution in [-0.2, 0) is 0 Å². The van der Waals surface area contributed by atoms with Crippen molar-refractivity contribution in [3.05, 3.63) is 51.5 Å². The molecule has 0 aliphatic heterocycles. The summed E-state index contributed by atoms with van der Waals surface area (Å²) in [5, 5.41) is 12.9. The van der Waals surface area contributed by atoms with Gasteiger partial charge in [-0.15, -0.1) is 0 Å². The van der Waals surface area contributed by atoms with E-state index in [0.717, 1.165) is 10.2 Å². The number of nitriles is 1. The molecule has 96 valence electrons. The van der Waals surface area contributed by atoms with Crippen LogP contribution in [0.3, 0.4) is 0 Å². The molecule has 5 heteroatoms. The molecule has 0 radical (unpaired) electrons. The molecule has 2 aromatic rings. The summed E-state index contributed by atoms with van der Waals surface area (Å²) in [6.45, 7) is 0. The van der Waals surface area contributed by atoms with Gasteiger partial charge >= 0.3 is 0 Å². The molecule has 0 saturated carbocycles. The first-order valence-corrected chi connectivity index (χ1v) is 6.61. The van der Waals surface area contributed by atoms with Crippen molar-refractivity contribution in [1.29, 1.82) is 5.26 Å². The van der Waals surface area contributed by atoms with Crippen molar-refractivity contribution >= 4 is 38.9 Å². The predicted octanol–water partition coefficient (Wildman–Crippen LogP) is 4.73. The maximum absolute atomic E-state index is 9.11. The average molecular weight is 338 g/mol. The van der Waals surface area contributed by atoms with E-state index >= 15 is 0 Å². The Hall–Kier alpha value is -1.70. The molecule has 0 aliphatic rings. The van der Waals surface area contributed by atoms with E-state index in [1.807, 2.05) is 6.07 Å². The van der Waals surface area contributed by atoms with Gasteiger partial charge in [0, 0.05) is 15.6 Å². The minimum absolute atomic E-state index is 0.544. The maximum atomic E-state index is 9.11. The first-order chi connectivity index (χ1) is 9.13. The van der Waals surface area contributed by atoms with Crippen LogP contribution in [0.15, 0.2) is 40.9 Å². The average Bonchev–Trinajstić information content (AvgIpc) is 2.41. The topological polar surface area (TPSA) is 45.0 Å². The second-order valence-electron chi connectivity index (χ2n) is 3.77. The molecule has 0 aromatic heterocycles. The molecule has 1 N–H and O–H groups in total. The minimum atomic E-state index is 0.544. The maximum Gasteiger partial charge on any atom is 0.121 e. The fraction of sp³-hybridized carbons (Fsp3) is 0.0714. The number of methoxy groups -OCH3 is 1. The quantitative estimate of drug-likeness (QED) is 0.881. The highest BCUT2D eigenvalue weighted by Crippen LogP contribution is 2.31. The fourth-order valence-corrected chi connectivity index (χ4v) is 2.37. The molecule has 0 bridgehead atoms. The number of rotatable bonds is 3. The number of halogens is 2. The lowest BCUT2D eigenvalue weighted by atomic mass is 10.1. The molecular formula is C14H10BrClN2O. The number of anilines is 2. The lowest BCUT2D eigenvalue weighted by Gasteiger charge is -2.11. The smallest absolute Gasteiger partial charge is 0.121 e. The van der Waals surface area contributed by atoms with Crippen LogP contribution in [0.1, 0.15) is 5.56 Å². The highest BCUT2D eigenvalue weighted by Gasteiger charge is 2.07. The Labute approximate surface area is 124 Å². The summed E-state index contributed by atoms with van der Waals surface area (Å²) in [5.41, 5.74) is 2.06. The number of nitrogens with zero attached hydrogens (tertiary/aromatic N) is 1. The van der Waals surface area contributed by atoms with E-state index in [2.05, 4.69) is 27.3 Å². The van der Waals surface area contributed by atoms with E-state index in [9.17, 15) is 0 Å². The van der Waals surface area contributed by atoms with Crippen LogP contribution in [0.5, 0.6) is 5.75 Å². The standard InChI is InChI=1S/C14H10BrClN2O/c1-19-11-4-2-9(8-17)14(7-11)18-13-5-3-10(16)6-12(13)15/h2-7,18H,1H3. The Bertz CT molecular complexity index is 652. The Morgan fingerprint density at radius 1 is 1.21 bits per heavy atom. The number of hydrogen-bond acceptors (Lipinski definition) is 3. The zero-order valence-electron chi connectivity index (χ0n) is 10.1. The van der Waals surface area contributed by atoms with Crippen molar-refractivity contribution in [3.63, 3.8) is 0 Å². The lowest BCUT2D eigenvalue weighted by molar-refractivity contribution is 0.415. The number of ether oxygens (including phenoxy) is 1. The highest BCUT2D eigenvalue weighted by atomic mass is 79.9. The largest absolute Gasteiger partial charge is 0.497 e. The van der Waals surface area contributed by atoms with Crippen LogP contribution in [0.2, 0.25) is 5.02 Å². The van der Waals surface area contributed by atoms with E-state index in [1.165, 1.54) is 0 Å². The van der Waals surface area contributed by atoms with Gasteiger partial charge in [-0.1, -0.05) is 11.6 Å². The predicted molar refractivity (Wildman–Crippen MR) is 80.1 cm³/mol. The van der Waals surface area contributed by atoms with Crippen LogP contribution in [0, 0.1) is 11.3 Å². The summed E-state index contributed by atoms with van der Waals surface area (Å²) in [6.07, 6.45) is 0. The lowest BCUT2D eigenvalue weighted by Crippen LogP contribution is -1.95. The summed E-state index contributed by atoms with van der Waals surface area (Å²) in [7, 11) is 1.59. The molecule has 0 fully saturated rings. The molecular weight excluding hydrogens is 328 g/mol. The van der Waals surface area contributed by atoms with Gasteiger partial charge in [-0.25, -0.2) is 0 Å². The number of benzene rings is 2. The van der Waals surface area contributed by atoms with Crippen molar-refractivity contribution in [2.24, 2.45) is 0 Å². The van der Waals surface area contributed by atoms with Crippen LogP contribution in [-0.4, -0.2) is 7.11 Å². The van der Waals surface area contributed by atoms with Gasteiger partial charge < -0.3 is 10.1 Å². The molecule has 0 heterocycles. The van der Waals surface area contributed by atoms with E-state index in [1.54, 1.807) is 37.4 Å². The molecule has 2 aromatic carbocycles. The SMILES string of the molecule is COc1ccc(C#N)c(Nc2ccc(Cl)cc2Br)c1. The molecule has 0 unspecified atom stereocenters. The molecule has 0 saturated heterocycles. The monoisotopic (exact) mass is 336 g/mol. The van der Waals surface area contributed by atoms with Crippen LogP contribution < -0.4 is 10.1 Å².